The number of hydrogen-bond donors (Lipinski definition) is 1. The van der Waals surface area contributed by atoms with Gasteiger partial charge in [-0.3, -0.25) is 14.6 Å². The first-order valence-electron chi connectivity index (χ1n) is 19.9. The van der Waals surface area contributed by atoms with Gasteiger partial charge in [-0.25, -0.2) is 13.8 Å². The minimum absolute atomic E-state index is 0.485. The molecule has 1 N–H and O–H groups in total. The highest BCUT2D eigenvalue weighted by atomic mass is 19.1. The van der Waals surface area contributed by atoms with Gasteiger partial charge in [0.25, 0.3) is 0 Å². The third-order valence-corrected chi connectivity index (χ3v) is 11.8. The van der Waals surface area contributed by atoms with E-state index in [-0.39, 0.29) is 0 Å². The van der Waals surface area contributed by atoms with Gasteiger partial charge in [0.2, 0.25) is 5.95 Å². The number of anilines is 3. The van der Waals surface area contributed by atoms with Crippen molar-refractivity contribution in [1.29, 1.82) is 0 Å². The van der Waals surface area contributed by atoms with E-state index in [1.807, 2.05) is 24.9 Å². The minimum atomic E-state index is -0.515. The SMILES string of the molecule is C=C1Nc2nc3cc(CCC)c(N4CCN(C5CCN(c6cc(F)cc(F)c6)CC5)CC4)cc3n2CCCCCCc2c(cnn2C)-c2cc1cc(C)n2. The second-order valence-corrected chi connectivity index (χ2v) is 15.5. The van der Waals surface area contributed by atoms with E-state index in [0.717, 1.165) is 155 Å². The molecular weight excluding hydrogens is 681 g/mol. The van der Waals surface area contributed by atoms with E-state index in [4.69, 9.17) is 9.97 Å². The zero-order valence-corrected chi connectivity index (χ0v) is 32.1. The number of piperidine rings is 1. The maximum Gasteiger partial charge on any atom is 0.208 e. The Kier molecular flexibility index (Phi) is 10.4. The van der Waals surface area contributed by atoms with Gasteiger partial charge in [0.1, 0.15) is 11.6 Å². The Morgan fingerprint density at radius 1 is 0.833 bits per heavy atom. The summed E-state index contributed by atoms with van der Waals surface area (Å²) in [6, 6.07) is 13.3. The summed E-state index contributed by atoms with van der Waals surface area (Å²) in [5.41, 5.74) is 11.5. The van der Waals surface area contributed by atoms with E-state index in [0.29, 0.717) is 11.7 Å². The van der Waals surface area contributed by atoms with Crippen LogP contribution in [-0.4, -0.2) is 74.5 Å². The van der Waals surface area contributed by atoms with Crippen LogP contribution in [-0.2, 0) is 26.4 Å². The second kappa shape index (κ2) is 15.5. The van der Waals surface area contributed by atoms with Crippen LogP contribution in [0, 0.1) is 18.6 Å². The molecule has 2 aromatic carbocycles. The van der Waals surface area contributed by atoms with Crippen LogP contribution in [0.1, 0.15) is 74.4 Å². The molecule has 0 spiro atoms. The lowest BCUT2D eigenvalue weighted by molar-refractivity contribution is 0.160. The van der Waals surface area contributed by atoms with Crippen molar-refractivity contribution in [2.75, 3.05) is 54.4 Å². The van der Waals surface area contributed by atoms with Gasteiger partial charge in [0.05, 0.1) is 22.9 Å². The summed E-state index contributed by atoms with van der Waals surface area (Å²) in [5, 5.41) is 8.24. The molecule has 3 aliphatic heterocycles. The van der Waals surface area contributed by atoms with Crippen molar-refractivity contribution in [3.05, 3.63) is 89.4 Å². The highest BCUT2D eigenvalue weighted by molar-refractivity contribution is 5.87. The highest BCUT2D eigenvalue weighted by Crippen LogP contribution is 2.34. The van der Waals surface area contributed by atoms with Gasteiger partial charge >= 0.3 is 0 Å². The van der Waals surface area contributed by atoms with Gasteiger partial charge in [0, 0.05) is 105 Å². The molecule has 9 nitrogen and oxygen atoms in total. The number of benzene rings is 2. The molecule has 3 aliphatic rings. The number of aryl methyl sites for hydroxylation is 4. The molecule has 54 heavy (non-hydrogen) atoms. The van der Waals surface area contributed by atoms with Crippen molar-refractivity contribution in [3.8, 4) is 11.3 Å². The molecule has 0 saturated carbocycles. The Labute approximate surface area is 317 Å². The first-order valence-corrected chi connectivity index (χ1v) is 19.9. The fourth-order valence-electron chi connectivity index (χ4n) is 8.91. The average Bonchev–Trinajstić information content (AvgIpc) is 3.70. The molecule has 2 fully saturated rings. The fraction of sp³-hybridized carbons (Fsp3) is 0.465. The Hall–Kier alpha value is -4.77. The van der Waals surface area contributed by atoms with Crippen LogP contribution < -0.4 is 15.1 Å². The number of pyridine rings is 1. The Bertz CT molecular complexity index is 2120. The number of piperazine rings is 1. The van der Waals surface area contributed by atoms with E-state index in [1.54, 1.807) is 0 Å². The number of nitrogens with zero attached hydrogens (tertiary/aromatic N) is 8. The Morgan fingerprint density at radius 2 is 1.59 bits per heavy atom. The van der Waals surface area contributed by atoms with E-state index < -0.39 is 11.6 Å². The van der Waals surface area contributed by atoms with E-state index in [2.05, 4.69) is 67.5 Å². The monoisotopic (exact) mass is 733 g/mol. The summed E-state index contributed by atoms with van der Waals surface area (Å²) in [6.07, 6.45) is 11.4. The number of nitrogens with one attached hydrogen (secondary N) is 1. The molecule has 8 rings (SSSR count). The molecule has 2 bridgehead atoms. The first kappa shape index (κ1) is 36.2. The molecule has 0 radical (unpaired) electrons. The quantitative estimate of drug-likeness (QED) is 0.195. The highest BCUT2D eigenvalue weighted by Gasteiger charge is 2.29. The largest absolute Gasteiger partial charge is 0.371 e. The predicted molar refractivity (Wildman–Crippen MR) is 215 cm³/mol. The Balaban J connectivity index is 1.03. The number of hydrogen-bond acceptors (Lipinski definition) is 7. The summed E-state index contributed by atoms with van der Waals surface area (Å²) in [5.74, 6) is -0.197. The van der Waals surface area contributed by atoms with Gasteiger partial charge in [-0.2, -0.15) is 5.10 Å². The maximum atomic E-state index is 13.9. The number of fused-ring (bicyclic) bond motifs is 7. The number of halogens is 2. The number of rotatable bonds is 5. The first-order chi connectivity index (χ1) is 26.2. The lowest BCUT2D eigenvalue weighted by Crippen LogP contribution is -2.53. The van der Waals surface area contributed by atoms with Crippen molar-refractivity contribution >= 4 is 34.1 Å². The van der Waals surface area contributed by atoms with Gasteiger partial charge < -0.3 is 19.7 Å². The zero-order chi connectivity index (χ0) is 37.3. The van der Waals surface area contributed by atoms with Gasteiger partial charge in [-0.05, 0) is 87.4 Å². The lowest BCUT2D eigenvalue weighted by Gasteiger charge is -2.44. The van der Waals surface area contributed by atoms with Gasteiger partial charge in [0.15, 0.2) is 0 Å². The topological polar surface area (TPSA) is 70.3 Å². The molecule has 284 valence electrons. The Morgan fingerprint density at radius 3 is 2.35 bits per heavy atom. The molecule has 3 aromatic heterocycles. The average molecular weight is 734 g/mol. The molecule has 2 saturated heterocycles. The predicted octanol–water partition coefficient (Wildman–Crippen LogP) is 8.36. The summed E-state index contributed by atoms with van der Waals surface area (Å²) >= 11 is 0. The van der Waals surface area contributed by atoms with Crippen molar-refractivity contribution in [3.63, 3.8) is 0 Å². The molecule has 0 atom stereocenters. The van der Waals surface area contributed by atoms with Crippen LogP contribution in [0.25, 0.3) is 28.0 Å². The molecule has 5 aromatic rings. The van der Waals surface area contributed by atoms with Crippen LogP contribution in [0.3, 0.4) is 0 Å². The molecule has 0 unspecified atom stereocenters. The van der Waals surface area contributed by atoms with Gasteiger partial charge in [-0.1, -0.05) is 32.8 Å². The van der Waals surface area contributed by atoms with E-state index in [1.165, 1.54) is 29.1 Å². The van der Waals surface area contributed by atoms with Crippen LogP contribution in [0.2, 0.25) is 0 Å². The maximum absolute atomic E-state index is 13.9. The summed E-state index contributed by atoms with van der Waals surface area (Å²) in [4.78, 5) is 17.5. The van der Waals surface area contributed by atoms with Crippen molar-refractivity contribution in [1.82, 2.24) is 29.2 Å². The normalized spacial score (nSPS) is 17.9. The standard InChI is InChI=1S/C43H53F2N9/c1-5-10-31-22-39-42(27-41(31)53-19-17-52(18-20-53)35-12-15-51(16-13-35)36-25-33(44)24-34(45)26-36)54-14-9-7-6-8-11-40-37(28-46-50(40)4)38-23-32(21-29(2)47-38)30(3)48-43(54)49-39/h21-28,35H,3,5-20H2,1-2,4H3,(H,48,49). The van der Waals surface area contributed by atoms with E-state index in [9.17, 15) is 8.78 Å². The lowest BCUT2D eigenvalue weighted by atomic mass is 10.0. The molecule has 6 heterocycles. The van der Waals surface area contributed by atoms with Crippen molar-refractivity contribution < 1.29 is 8.78 Å². The molecule has 11 heteroatoms. The molecular formula is C43H53F2N9. The summed E-state index contributed by atoms with van der Waals surface area (Å²) in [6.45, 7) is 15.2. The summed E-state index contributed by atoms with van der Waals surface area (Å²) in [7, 11) is 2.03. The van der Waals surface area contributed by atoms with Crippen LogP contribution in [0.5, 0.6) is 0 Å². The number of aromatic nitrogens is 5. The van der Waals surface area contributed by atoms with E-state index >= 15 is 0 Å². The smallest absolute Gasteiger partial charge is 0.208 e. The van der Waals surface area contributed by atoms with Crippen molar-refractivity contribution in [2.45, 2.75) is 84.2 Å². The third-order valence-electron chi connectivity index (χ3n) is 11.8. The minimum Gasteiger partial charge on any atom is -0.371 e. The second-order valence-electron chi connectivity index (χ2n) is 15.5. The summed E-state index contributed by atoms with van der Waals surface area (Å²) < 4.78 is 32.2. The van der Waals surface area contributed by atoms with Crippen LogP contribution >= 0.6 is 0 Å². The van der Waals surface area contributed by atoms with Crippen LogP contribution in [0.15, 0.2) is 55.2 Å². The van der Waals surface area contributed by atoms with Crippen LogP contribution in [0.4, 0.5) is 26.1 Å². The van der Waals surface area contributed by atoms with Crippen molar-refractivity contribution in [2.24, 2.45) is 7.05 Å². The fourth-order valence-corrected chi connectivity index (χ4v) is 8.91. The molecule has 0 amide bonds. The third kappa shape index (κ3) is 7.47. The van der Waals surface area contributed by atoms with Gasteiger partial charge in [-0.15, -0.1) is 0 Å². The number of imidazole rings is 1. The molecule has 0 aliphatic carbocycles. The zero-order valence-electron chi connectivity index (χ0n) is 32.1.